The van der Waals surface area contributed by atoms with E-state index in [4.69, 9.17) is 0 Å². The molecular formula is C16H15N5O2. The smallest absolute Gasteiger partial charge is 0.204 e. The number of tetrazole rings is 1. The molecule has 2 bridgehead atoms. The molecule has 2 atom stereocenters. The number of fused-ring (bicyclic) bond motifs is 5. The Balaban J connectivity index is 1.61. The molecule has 2 aromatic heterocycles. The van der Waals surface area contributed by atoms with Crippen LogP contribution in [0.2, 0.25) is 0 Å². The Morgan fingerprint density at radius 1 is 1.00 bits per heavy atom. The summed E-state index contributed by atoms with van der Waals surface area (Å²) in [7, 11) is 0. The zero-order chi connectivity index (χ0) is 15.6. The zero-order valence-electron chi connectivity index (χ0n) is 12.3. The monoisotopic (exact) mass is 309 g/mol. The largest absolute Gasteiger partial charge is 0.494 e. The first-order chi connectivity index (χ1) is 11.2. The van der Waals surface area contributed by atoms with Crippen molar-refractivity contribution >= 4 is 0 Å². The van der Waals surface area contributed by atoms with Crippen molar-refractivity contribution in [2.75, 3.05) is 0 Å². The molecule has 7 heteroatoms. The molecule has 0 spiro atoms. The minimum absolute atomic E-state index is 0.178. The Kier molecular flexibility index (Phi) is 2.40. The molecule has 0 radical (unpaired) electrons. The van der Waals surface area contributed by atoms with Crippen molar-refractivity contribution in [2.24, 2.45) is 0 Å². The van der Waals surface area contributed by atoms with Crippen molar-refractivity contribution < 1.29 is 10.2 Å². The van der Waals surface area contributed by atoms with Crippen LogP contribution >= 0.6 is 0 Å². The highest BCUT2D eigenvalue weighted by Gasteiger charge is 2.44. The number of nitrogens with one attached hydrogen (secondary N) is 1. The first kappa shape index (κ1) is 12.7. The van der Waals surface area contributed by atoms with E-state index in [1.54, 1.807) is 0 Å². The highest BCUT2D eigenvalue weighted by Crippen LogP contribution is 2.60. The minimum Gasteiger partial charge on any atom is -0.494 e. The number of H-pyrrole nitrogens is 1. The van der Waals surface area contributed by atoms with Crippen LogP contribution in [0.4, 0.5) is 0 Å². The topological polar surface area (TPSA) is 99.9 Å². The molecule has 1 saturated carbocycles. The molecule has 1 aromatic carbocycles. The van der Waals surface area contributed by atoms with Gasteiger partial charge in [-0.15, -0.1) is 10.2 Å². The fourth-order valence-corrected chi connectivity index (χ4v) is 4.18. The van der Waals surface area contributed by atoms with Gasteiger partial charge in [0, 0.05) is 16.7 Å². The van der Waals surface area contributed by atoms with E-state index < -0.39 is 0 Å². The van der Waals surface area contributed by atoms with E-state index in [1.165, 1.54) is 4.57 Å². The second-order valence-corrected chi connectivity index (χ2v) is 6.30. The Morgan fingerprint density at radius 2 is 1.65 bits per heavy atom. The maximum atomic E-state index is 10.6. The highest BCUT2D eigenvalue weighted by molar-refractivity contribution is 5.61. The quantitative estimate of drug-likeness (QED) is 0.675. The number of nitrogens with zero attached hydrogens (tertiary/aromatic N) is 4. The molecule has 0 aliphatic heterocycles. The fourth-order valence-electron chi connectivity index (χ4n) is 4.18. The van der Waals surface area contributed by atoms with Crippen molar-refractivity contribution in [3.8, 4) is 28.8 Å². The molecule has 5 rings (SSSR count). The van der Waals surface area contributed by atoms with Gasteiger partial charge in [0.25, 0.3) is 0 Å². The maximum absolute atomic E-state index is 10.6. The molecule has 0 amide bonds. The molecule has 0 saturated heterocycles. The summed E-state index contributed by atoms with van der Waals surface area (Å²) in [4.78, 5) is 0. The molecule has 2 aliphatic carbocycles. The van der Waals surface area contributed by atoms with Gasteiger partial charge in [-0.3, -0.25) is 4.57 Å². The Labute approximate surface area is 131 Å². The van der Waals surface area contributed by atoms with Gasteiger partial charge in [-0.05, 0) is 60.6 Å². The summed E-state index contributed by atoms with van der Waals surface area (Å²) >= 11 is 0. The molecule has 2 aliphatic rings. The average molecular weight is 309 g/mol. The van der Waals surface area contributed by atoms with Crippen LogP contribution in [0.3, 0.4) is 0 Å². The predicted molar refractivity (Wildman–Crippen MR) is 81.6 cm³/mol. The minimum atomic E-state index is 0.178. The summed E-state index contributed by atoms with van der Waals surface area (Å²) < 4.78 is 1.54. The number of aromatic nitrogens is 5. The van der Waals surface area contributed by atoms with Gasteiger partial charge in [0.1, 0.15) is 0 Å². The molecule has 2 heterocycles. The average Bonchev–Trinajstić information content (AvgIpc) is 3.33. The number of benzene rings is 1. The van der Waals surface area contributed by atoms with Gasteiger partial charge >= 0.3 is 0 Å². The van der Waals surface area contributed by atoms with Crippen LogP contribution in [-0.4, -0.2) is 35.4 Å². The maximum Gasteiger partial charge on any atom is 0.204 e. The summed E-state index contributed by atoms with van der Waals surface area (Å²) in [6.45, 7) is 0. The van der Waals surface area contributed by atoms with E-state index >= 15 is 0 Å². The van der Waals surface area contributed by atoms with Crippen molar-refractivity contribution in [2.45, 2.75) is 31.1 Å². The van der Waals surface area contributed by atoms with Gasteiger partial charge in [0.05, 0.1) is 5.69 Å². The predicted octanol–water partition coefficient (Wildman–Crippen LogP) is 2.43. The first-order valence-electron chi connectivity index (χ1n) is 7.74. The second-order valence-electron chi connectivity index (χ2n) is 6.30. The number of rotatable bonds is 2. The summed E-state index contributed by atoms with van der Waals surface area (Å²) in [6.07, 6.45) is 3.26. The molecule has 7 nitrogen and oxygen atoms in total. The number of hydrogen-bond donors (Lipinski definition) is 3. The third-order valence-electron chi connectivity index (χ3n) is 5.17. The van der Waals surface area contributed by atoms with E-state index in [9.17, 15) is 10.2 Å². The summed E-state index contributed by atoms with van der Waals surface area (Å²) in [6, 6.07) is 7.36. The zero-order valence-corrected chi connectivity index (χ0v) is 12.3. The third kappa shape index (κ3) is 1.61. The number of hydrogen-bond acceptors (Lipinski definition) is 5. The molecule has 1 fully saturated rings. The lowest BCUT2D eigenvalue weighted by atomic mass is 9.95. The Morgan fingerprint density at radius 3 is 2.22 bits per heavy atom. The van der Waals surface area contributed by atoms with E-state index in [2.05, 4.69) is 20.6 Å². The van der Waals surface area contributed by atoms with Gasteiger partial charge in [0.2, 0.25) is 17.6 Å². The summed E-state index contributed by atoms with van der Waals surface area (Å²) in [5, 5.41) is 35.1. The molecule has 0 unspecified atom stereocenters. The van der Waals surface area contributed by atoms with Crippen LogP contribution in [0.25, 0.3) is 17.1 Å². The lowest BCUT2D eigenvalue weighted by Crippen LogP contribution is -1.95. The van der Waals surface area contributed by atoms with Crippen LogP contribution in [0.15, 0.2) is 24.3 Å². The van der Waals surface area contributed by atoms with Gasteiger partial charge in [-0.2, -0.15) is 5.21 Å². The number of aromatic amines is 1. The van der Waals surface area contributed by atoms with Crippen LogP contribution in [0, 0.1) is 0 Å². The lowest BCUT2D eigenvalue weighted by molar-refractivity contribution is 0.394. The van der Waals surface area contributed by atoms with Gasteiger partial charge < -0.3 is 10.2 Å². The third-order valence-corrected chi connectivity index (χ3v) is 5.17. The van der Waals surface area contributed by atoms with Gasteiger partial charge in [0.15, 0.2) is 0 Å². The summed E-state index contributed by atoms with van der Waals surface area (Å²) in [5.74, 6) is 1.65. The van der Waals surface area contributed by atoms with Crippen LogP contribution in [0.1, 0.15) is 42.2 Å². The molecule has 116 valence electrons. The molecule has 3 aromatic rings. The first-order valence-corrected chi connectivity index (χ1v) is 7.74. The fraction of sp³-hybridized carbons (Fsp3) is 0.312. The normalized spacial score (nSPS) is 21.7. The van der Waals surface area contributed by atoms with Crippen LogP contribution in [-0.2, 0) is 0 Å². The van der Waals surface area contributed by atoms with Crippen LogP contribution < -0.4 is 0 Å². The second kappa shape index (κ2) is 4.34. The SMILES string of the molecule is Oc1c2c(c(O)n1-c1ccc(-c3nn[nH]n3)cc1)[C@H]1CC[C@@H]2C1. The van der Waals surface area contributed by atoms with Gasteiger partial charge in [-0.25, -0.2) is 0 Å². The van der Waals surface area contributed by atoms with Crippen molar-refractivity contribution in [1.82, 2.24) is 25.2 Å². The Hall–Kier alpha value is -2.83. The lowest BCUT2D eigenvalue weighted by Gasteiger charge is -2.10. The van der Waals surface area contributed by atoms with E-state index in [-0.39, 0.29) is 11.8 Å². The van der Waals surface area contributed by atoms with Gasteiger partial charge in [-0.1, -0.05) is 0 Å². The van der Waals surface area contributed by atoms with Crippen LogP contribution in [0.5, 0.6) is 11.8 Å². The highest BCUT2D eigenvalue weighted by atomic mass is 16.3. The van der Waals surface area contributed by atoms with E-state index in [0.29, 0.717) is 17.7 Å². The van der Waals surface area contributed by atoms with Crippen molar-refractivity contribution in [1.29, 1.82) is 0 Å². The summed E-state index contributed by atoms with van der Waals surface area (Å²) in [5.41, 5.74) is 3.43. The van der Waals surface area contributed by atoms with E-state index in [1.807, 2.05) is 24.3 Å². The number of aromatic hydroxyl groups is 2. The van der Waals surface area contributed by atoms with Crippen molar-refractivity contribution in [3.05, 3.63) is 35.4 Å². The molecule has 3 N–H and O–H groups in total. The Bertz CT molecular complexity index is 849. The van der Waals surface area contributed by atoms with E-state index in [0.717, 1.165) is 41.6 Å². The molecule has 23 heavy (non-hydrogen) atoms. The standard InChI is InChI=1S/C16H15N5O2/c22-15-12-9-1-2-10(7-9)13(12)16(23)21(15)11-5-3-8(4-6-11)14-17-19-20-18-14/h3-6,9-10,22-23H,1-2,7H2,(H,17,18,19,20)/t9-,10+. The molecular weight excluding hydrogens is 294 g/mol. The van der Waals surface area contributed by atoms with Crippen molar-refractivity contribution in [3.63, 3.8) is 0 Å².